The Kier molecular flexibility index (Phi) is 2.38. The van der Waals surface area contributed by atoms with Crippen LogP contribution in [0.25, 0.3) is 0 Å². The van der Waals surface area contributed by atoms with Gasteiger partial charge in [-0.25, -0.2) is 4.79 Å². The number of aromatic nitrogens is 1. The van der Waals surface area contributed by atoms with Crippen LogP contribution in [0.2, 0.25) is 0 Å². The summed E-state index contributed by atoms with van der Waals surface area (Å²) >= 11 is 0. The molecule has 0 atom stereocenters. The minimum Gasteiger partial charge on any atom is -0.506 e. The fraction of sp³-hybridized carbons (Fsp3) is 0.375. The molecule has 1 heterocycles. The lowest BCUT2D eigenvalue weighted by atomic mass is 10.4. The van der Waals surface area contributed by atoms with Crippen LogP contribution in [0.1, 0.15) is 24.3 Å². The lowest BCUT2D eigenvalue weighted by molar-refractivity contribution is 0.0371. The number of carbonyl (C=O) groups is 1. The zero-order valence-electron chi connectivity index (χ0n) is 7.00. The lowest BCUT2D eigenvalue weighted by Gasteiger charge is -2.05. The molecule has 66 valence electrons. The second-order valence-corrected chi connectivity index (χ2v) is 2.73. The van der Waals surface area contributed by atoms with Gasteiger partial charge in [0.25, 0.3) is 0 Å². The van der Waals surface area contributed by atoms with Crippen LogP contribution in [-0.4, -0.2) is 22.2 Å². The van der Waals surface area contributed by atoms with Crippen LogP contribution in [0.4, 0.5) is 0 Å². The first-order valence-electron chi connectivity index (χ1n) is 3.68. The van der Waals surface area contributed by atoms with E-state index >= 15 is 0 Å². The van der Waals surface area contributed by atoms with Gasteiger partial charge in [-0.3, -0.25) is 0 Å². The second-order valence-electron chi connectivity index (χ2n) is 2.73. The van der Waals surface area contributed by atoms with Crippen LogP contribution in [0.15, 0.2) is 12.3 Å². The predicted octanol–water partition coefficient (Wildman–Crippen LogP) is 1.29. The fourth-order valence-corrected chi connectivity index (χ4v) is 0.778. The smallest absolute Gasteiger partial charge is 0.355 e. The van der Waals surface area contributed by atoms with E-state index < -0.39 is 5.97 Å². The van der Waals surface area contributed by atoms with Gasteiger partial charge in [0.15, 0.2) is 0 Å². The van der Waals surface area contributed by atoms with E-state index in [0.717, 1.165) is 0 Å². The first-order valence-corrected chi connectivity index (χ1v) is 3.68. The van der Waals surface area contributed by atoms with E-state index in [1.54, 1.807) is 13.8 Å². The Hall–Kier alpha value is -1.45. The Morgan fingerprint density at radius 1 is 1.67 bits per heavy atom. The van der Waals surface area contributed by atoms with Crippen molar-refractivity contribution in [3.63, 3.8) is 0 Å². The van der Waals surface area contributed by atoms with Crippen molar-refractivity contribution in [3.05, 3.63) is 18.0 Å². The number of aromatic hydroxyl groups is 1. The van der Waals surface area contributed by atoms with Crippen LogP contribution >= 0.6 is 0 Å². The SMILES string of the molecule is CC(C)OC(=O)c1cc(O)c[nH]1. The number of rotatable bonds is 2. The Morgan fingerprint density at radius 2 is 2.33 bits per heavy atom. The van der Waals surface area contributed by atoms with Crippen molar-refractivity contribution >= 4 is 5.97 Å². The summed E-state index contributed by atoms with van der Waals surface area (Å²) in [7, 11) is 0. The van der Waals surface area contributed by atoms with Crippen LogP contribution in [-0.2, 0) is 4.74 Å². The molecule has 0 aliphatic carbocycles. The summed E-state index contributed by atoms with van der Waals surface area (Å²) in [6, 6.07) is 1.32. The molecule has 1 rings (SSSR count). The van der Waals surface area contributed by atoms with Gasteiger partial charge < -0.3 is 14.8 Å². The summed E-state index contributed by atoms with van der Waals surface area (Å²) < 4.78 is 4.87. The third-order valence-corrected chi connectivity index (χ3v) is 1.23. The highest BCUT2D eigenvalue weighted by molar-refractivity contribution is 5.87. The van der Waals surface area contributed by atoms with Crippen molar-refractivity contribution in [2.45, 2.75) is 20.0 Å². The third kappa shape index (κ3) is 2.02. The predicted molar refractivity (Wildman–Crippen MR) is 43.0 cm³/mol. The Morgan fingerprint density at radius 3 is 2.75 bits per heavy atom. The molecule has 2 N–H and O–H groups in total. The maximum absolute atomic E-state index is 11.1. The standard InChI is InChI=1S/C8H11NO3/c1-5(2)12-8(11)7-3-6(10)4-9-7/h3-5,9-10H,1-2H3. The minimum atomic E-state index is -0.453. The van der Waals surface area contributed by atoms with E-state index in [-0.39, 0.29) is 17.5 Å². The van der Waals surface area contributed by atoms with Crippen LogP contribution in [0.5, 0.6) is 5.75 Å². The van der Waals surface area contributed by atoms with Gasteiger partial charge in [0.2, 0.25) is 0 Å². The number of H-pyrrole nitrogens is 1. The molecule has 0 fully saturated rings. The van der Waals surface area contributed by atoms with E-state index in [9.17, 15) is 4.79 Å². The topological polar surface area (TPSA) is 62.3 Å². The highest BCUT2D eigenvalue weighted by Crippen LogP contribution is 2.10. The molecule has 0 unspecified atom stereocenters. The van der Waals surface area contributed by atoms with Crippen molar-refractivity contribution in [3.8, 4) is 5.75 Å². The van der Waals surface area contributed by atoms with E-state index in [2.05, 4.69) is 4.98 Å². The summed E-state index contributed by atoms with van der Waals surface area (Å²) in [6.45, 7) is 3.53. The number of aromatic amines is 1. The second kappa shape index (κ2) is 3.30. The van der Waals surface area contributed by atoms with Gasteiger partial charge in [-0.15, -0.1) is 0 Å². The highest BCUT2D eigenvalue weighted by Gasteiger charge is 2.10. The van der Waals surface area contributed by atoms with Gasteiger partial charge in [0, 0.05) is 12.3 Å². The normalized spacial score (nSPS) is 10.2. The Labute approximate surface area is 70.2 Å². The van der Waals surface area contributed by atoms with Crippen molar-refractivity contribution in [2.75, 3.05) is 0 Å². The molecule has 0 amide bonds. The molecule has 0 aliphatic rings. The minimum absolute atomic E-state index is 0.0331. The zero-order valence-corrected chi connectivity index (χ0v) is 7.00. The molecule has 4 nitrogen and oxygen atoms in total. The van der Waals surface area contributed by atoms with Crippen molar-refractivity contribution in [1.29, 1.82) is 0 Å². The van der Waals surface area contributed by atoms with Crippen LogP contribution < -0.4 is 0 Å². The van der Waals surface area contributed by atoms with Crippen LogP contribution in [0.3, 0.4) is 0 Å². The molecular weight excluding hydrogens is 158 g/mol. The van der Waals surface area contributed by atoms with Gasteiger partial charge in [0.1, 0.15) is 11.4 Å². The van der Waals surface area contributed by atoms with Gasteiger partial charge in [-0.1, -0.05) is 0 Å². The lowest BCUT2D eigenvalue weighted by Crippen LogP contribution is -2.11. The summed E-state index contributed by atoms with van der Waals surface area (Å²) in [4.78, 5) is 13.7. The third-order valence-electron chi connectivity index (χ3n) is 1.23. The summed E-state index contributed by atoms with van der Waals surface area (Å²) in [6.07, 6.45) is 1.18. The average Bonchev–Trinajstić information content (AvgIpc) is 2.34. The average molecular weight is 169 g/mol. The van der Waals surface area contributed by atoms with Crippen molar-refractivity contribution < 1.29 is 14.6 Å². The molecule has 0 bridgehead atoms. The first-order chi connectivity index (χ1) is 5.59. The maximum atomic E-state index is 11.1. The van der Waals surface area contributed by atoms with Gasteiger partial charge in [-0.2, -0.15) is 0 Å². The summed E-state index contributed by atoms with van der Waals surface area (Å²) in [5.41, 5.74) is 0.265. The largest absolute Gasteiger partial charge is 0.506 e. The van der Waals surface area contributed by atoms with Gasteiger partial charge in [-0.05, 0) is 13.8 Å². The molecule has 0 aliphatic heterocycles. The van der Waals surface area contributed by atoms with Gasteiger partial charge >= 0.3 is 5.97 Å². The monoisotopic (exact) mass is 169 g/mol. The molecule has 0 radical (unpaired) electrons. The molecular formula is C8H11NO3. The van der Waals surface area contributed by atoms with E-state index in [0.29, 0.717) is 0 Å². The van der Waals surface area contributed by atoms with E-state index in [1.807, 2.05) is 0 Å². The number of hydrogen-bond donors (Lipinski definition) is 2. The van der Waals surface area contributed by atoms with Crippen molar-refractivity contribution in [2.24, 2.45) is 0 Å². The Bertz CT molecular complexity index is 278. The van der Waals surface area contributed by atoms with E-state index in [4.69, 9.17) is 9.84 Å². The quantitative estimate of drug-likeness (QED) is 0.655. The molecule has 0 saturated heterocycles. The number of hydrogen-bond acceptors (Lipinski definition) is 3. The number of carbonyl (C=O) groups excluding carboxylic acids is 1. The molecule has 0 saturated carbocycles. The number of esters is 1. The molecule has 1 aromatic rings. The molecule has 1 aromatic heterocycles. The highest BCUT2D eigenvalue weighted by atomic mass is 16.5. The molecule has 0 spiro atoms. The van der Waals surface area contributed by atoms with Gasteiger partial charge in [0.05, 0.1) is 6.10 Å². The molecule has 12 heavy (non-hydrogen) atoms. The summed E-state index contributed by atoms with van der Waals surface area (Å²) in [5, 5.41) is 8.90. The number of ether oxygens (including phenoxy) is 1. The van der Waals surface area contributed by atoms with E-state index in [1.165, 1.54) is 12.3 Å². The molecule has 4 heteroatoms. The first kappa shape index (κ1) is 8.64. The summed E-state index contributed by atoms with van der Waals surface area (Å²) in [5.74, 6) is -0.420. The number of nitrogens with one attached hydrogen (secondary N) is 1. The fourth-order valence-electron chi connectivity index (χ4n) is 0.778. The van der Waals surface area contributed by atoms with Crippen LogP contribution in [0, 0.1) is 0 Å². The molecule has 0 aromatic carbocycles. The van der Waals surface area contributed by atoms with Crippen molar-refractivity contribution in [1.82, 2.24) is 4.98 Å². The Balaban J connectivity index is 2.65. The zero-order chi connectivity index (χ0) is 9.14. The maximum Gasteiger partial charge on any atom is 0.355 e.